The first-order valence-corrected chi connectivity index (χ1v) is 6.33. The molecule has 6 heteroatoms. The molecule has 0 aliphatic rings. The van der Waals surface area contributed by atoms with Gasteiger partial charge in [0.25, 0.3) is 0 Å². The van der Waals surface area contributed by atoms with E-state index in [0.717, 1.165) is 11.5 Å². The molecule has 2 rings (SSSR count). The minimum absolute atomic E-state index is 0.869. The van der Waals surface area contributed by atoms with Gasteiger partial charge >= 0.3 is 10.4 Å². The van der Waals surface area contributed by atoms with E-state index in [4.69, 9.17) is 22.3 Å². The van der Waals surface area contributed by atoms with Crippen molar-refractivity contribution in [1.82, 2.24) is 0 Å². The second-order valence-corrected chi connectivity index (χ2v) is 4.07. The largest absolute Gasteiger partial charge is 0.457 e. The fourth-order valence-electron chi connectivity index (χ4n) is 1.11. The molecular formula is C12H12O5S. The van der Waals surface area contributed by atoms with Gasteiger partial charge in [-0.2, -0.15) is 8.42 Å². The minimum atomic E-state index is -4.67. The Morgan fingerprint density at radius 2 is 1.00 bits per heavy atom. The fourth-order valence-corrected chi connectivity index (χ4v) is 1.11. The van der Waals surface area contributed by atoms with Crippen molar-refractivity contribution in [1.29, 1.82) is 0 Å². The second kappa shape index (κ2) is 6.75. The zero-order valence-corrected chi connectivity index (χ0v) is 10.1. The number of para-hydroxylation sites is 2. The van der Waals surface area contributed by atoms with E-state index in [2.05, 4.69) is 0 Å². The first kappa shape index (κ1) is 14.2. The van der Waals surface area contributed by atoms with E-state index >= 15 is 0 Å². The van der Waals surface area contributed by atoms with Gasteiger partial charge in [0.05, 0.1) is 0 Å². The van der Waals surface area contributed by atoms with Crippen molar-refractivity contribution in [2.24, 2.45) is 0 Å². The maximum Gasteiger partial charge on any atom is 0.394 e. The number of benzene rings is 2. The zero-order chi connectivity index (χ0) is 13.4. The molecule has 2 N–H and O–H groups in total. The van der Waals surface area contributed by atoms with Crippen molar-refractivity contribution >= 4 is 10.4 Å². The van der Waals surface area contributed by atoms with Crippen molar-refractivity contribution < 1.29 is 22.3 Å². The molecule has 0 atom stereocenters. The van der Waals surface area contributed by atoms with Crippen LogP contribution in [0.15, 0.2) is 60.7 Å². The molecule has 96 valence electrons. The summed E-state index contributed by atoms with van der Waals surface area (Å²) in [5, 5.41) is 0. The number of ether oxygens (including phenoxy) is 1. The van der Waals surface area contributed by atoms with Gasteiger partial charge in [0.1, 0.15) is 11.5 Å². The summed E-state index contributed by atoms with van der Waals surface area (Å²) < 4.78 is 37.2. The Morgan fingerprint density at radius 3 is 1.28 bits per heavy atom. The summed E-state index contributed by atoms with van der Waals surface area (Å²) in [7, 11) is -4.67. The Kier molecular flexibility index (Phi) is 5.31. The Morgan fingerprint density at radius 1 is 0.722 bits per heavy atom. The van der Waals surface area contributed by atoms with E-state index in [0.29, 0.717) is 0 Å². The van der Waals surface area contributed by atoms with Gasteiger partial charge in [0.15, 0.2) is 0 Å². The summed E-state index contributed by atoms with van der Waals surface area (Å²) in [5.74, 6) is 1.74. The standard InChI is InChI=1S/C12H10O.H2O4S/c1-3-7-11(8-4-1)13-12-9-5-2-6-10-12;1-5(2,3)4/h1-10H;(H2,1,2,3,4). The fraction of sp³-hybridized carbons (Fsp3) is 0. The predicted molar refractivity (Wildman–Crippen MR) is 67.1 cm³/mol. The Hall–Kier alpha value is -1.89. The highest BCUT2D eigenvalue weighted by Crippen LogP contribution is 2.19. The Bertz CT molecular complexity index is 506. The average molecular weight is 268 g/mol. The maximum atomic E-state index is 8.74. The topological polar surface area (TPSA) is 83.8 Å². The lowest BCUT2D eigenvalue weighted by atomic mass is 10.3. The molecule has 5 nitrogen and oxygen atoms in total. The average Bonchev–Trinajstić information content (AvgIpc) is 2.29. The van der Waals surface area contributed by atoms with E-state index in [1.807, 2.05) is 60.7 Å². The highest BCUT2D eigenvalue weighted by Gasteiger charge is 1.92. The molecule has 0 aliphatic heterocycles. The van der Waals surface area contributed by atoms with Crippen LogP contribution in [0.4, 0.5) is 0 Å². The Labute approximate surface area is 105 Å². The molecule has 0 spiro atoms. The lowest BCUT2D eigenvalue weighted by Crippen LogP contribution is -1.89. The molecule has 0 bridgehead atoms. The van der Waals surface area contributed by atoms with Gasteiger partial charge in [-0.3, -0.25) is 9.11 Å². The van der Waals surface area contributed by atoms with Gasteiger partial charge in [0, 0.05) is 0 Å². The van der Waals surface area contributed by atoms with Crippen molar-refractivity contribution in [3.63, 3.8) is 0 Å². The SMILES string of the molecule is O=S(=O)(O)O.c1ccc(Oc2ccccc2)cc1. The maximum absolute atomic E-state index is 8.74. The molecule has 0 heterocycles. The molecule has 0 radical (unpaired) electrons. The van der Waals surface area contributed by atoms with Crippen LogP contribution in [0.1, 0.15) is 0 Å². The summed E-state index contributed by atoms with van der Waals surface area (Å²) in [4.78, 5) is 0. The molecule has 0 aliphatic carbocycles. The monoisotopic (exact) mass is 268 g/mol. The van der Waals surface area contributed by atoms with Gasteiger partial charge < -0.3 is 4.74 Å². The molecule has 0 unspecified atom stereocenters. The quantitative estimate of drug-likeness (QED) is 0.818. The van der Waals surface area contributed by atoms with Crippen LogP contribution in [0, 0.1) is 0 Å². The van der Waals surface area contributed by atoms with E-state index in [1.165, 1.54) is 0 Å². The van der Waals surface area contributed by atoms with Crippen LogP contribution in [0.3, 0.4) is 0 Å². The van der Waals surface area contributed by atoms with Gasteiger partial charge in [-0.15, -0.1) is 0 Å². The number of hydrogen-bond donors (Lipinski definition) is 2. The van der Waals surface area contributed by atoms with Gasteiger partial charge in [0.2, 0.25) is 0 Å². The lowest BCUT2D eigenvalue weighted by Gasteiger charge is -2.03. The molecule has 2 aromatic carbocycles. The second-order valence-electron chi connectivity index (χ2n) is 3.18. The highest BCUT2D eigenvalue weighted by atomic mass is 32.3. The van der Waals surface area contributed by atoms with Crippen LogP contribution in [0.5, 0.6) is 11.5 Å². The van der Waals surface area contributed by atoms with Crippen molar-refractivity contribution in [2.75, 3.05) is 0 Å². The van der Waals surface area contributed by atoms with Crippen molar-refractivity contribution in [2.45, 2.75) is 0 Å². The van der Waals surface area contributed by atoms with Crippen LogP contribution < -0.4 is 4.74 Å². The van der Waals surface area contributed by atoms with Crippen LogP contribution in [0.2, 0.25) is 0 Å². The molecule has 2 aromatic rings. The summed E-state index contributed by atoms with van der Waals surface area (Å²) in [5.41, 5.74) is 0. The van der Waals surface area contributed by atoms with E-state index in [1.54, 1.807) is 0 Å². The third-order valence-electron chi connectivity index (χ3n) is 1.72. The highest BCUT2D eigenvalue weighted by molar-refractivity contribution is 7.79. The van der Waals surface area contributed by atoms with Crippen LogP contribution >= 0.6 is 0 Å². The third kappa shape index (κ3) is 7.39. The zero-order valence-electron chi connectivity index (χ0n) is 9.30. The van der Waals surface area contributed by atoms with E-state index in [9.17, 15) is 0 Å². The molecule has 18 heavy (non-hydrogen) atoms. The van der Waals surface area contributed by atoms with Crippen molar-refractivity contribution in [3.05, 3.63) is 60.7 Å². The van der Waals surface area contributed by atoms with Crippen molar-refractivity contribution in [3.8, 4) is 11.5 Å². The third-order valence-corrected chi connectivity index (χ3v) is 1.72. The van der Waals surface area contributed by atoms with Crippen LogP contribution in [-0.2, 0) is 10.4 Å². The summed E-state index contributed by atoms with van der Waals surface area (Å²) >= 11 is 0. The first-order chi connectivity index (χ1) is 8.45. The molecule has 0 amide bonds. The van der Waals surface area contributed by atoms with Crippen LogP contribution in [-0.4, -0.2) is 17.5 Å². The summed E-state index contributed by atoms with van der Waals surface area (Å²) in [6.07, 6.45) is 0. The lowest BCUT2D eigenvalue weighted by molar-refractivity contribution is 0.381. The van der Waals surface area contributed by atoms with Gasteiger partial charge in [-0.05, 0) is 24.3 Å². The molecular weight excluding hydrogens is 256 g/mol. The van der Waals surface area contributed by atoms with E-state index in [-0.39, 0.29) is 0 Å². The first-order valence-electron chi connectivity index (χ1n) is 4.93. The Balaban J connectivity index is 0.000000280. The predicted octanol–water partition coefficient (Wildman–Crippen LogP) is 2.83. The number of hydrogen-bond acceptors (Lipinski definition) is 3. The minimum Gasteiger partial charge on any atom is -0.457 e. The number of rotatable bonds is 2. The van der Waals surface area contributed by atoms with Gasteiger partial charge in [-0.1, -0.05) is 36.4 Å². The normalized spacial score (nSPS) is 10.1. The molecule has 0 saturated heterocycles. The summed E-state index contributed by atoms with van der Waals surface area (Å²) in [6, 6.07) is 19.5. The van der Waals surface area contributed by atoms with Gasteiger partial charge in [-0.25, -0.2) is 0 Å². The summed E-state index contributed by atoms with van der Waals surface area (Å²) in [6.45, 7) is 0. The molecule has 0 saturated carbocycles. The molecule has 0 fully saturated rings. The van der Waals surface area contributed by atoms with E-state index < -0.39 is 10.4 Å². The molecule has 0 aromatic heterocycles. The smallest absolute Gasteiger partial charge is 0.394 e. The van der Waals surface area contributed by atoms with Crippen LogP contribution in [0.25, 0.3) is 0 Å².